The van der Waals surface area contributed by atoms with E-state index in [0.717, 1.165) is 18.7 Å². The van der Waals surface area contributed by atoms with Gasteiger partial charge in [-0.3, -0.25) is 9.36 Å². The number of rotatable bonds is 4. The van der Waals surface area contributed by atoms with Crippen molar-refractivity contribution in [3.63, 3.8) is 0 Å². The van der Waals surface area contributed by atoms with Crippen LogP contribution in [0.3, 0.4) is 0 Å². The van der Waals surface area contributed by atoms with E-state index in [-0.39, 0.29) is 5.91 Å². The van der Waals surface area contributed by atoms with Crippen LogP contribution in [-0.4, -0.2) is 22.0 Å². The molecule has 4 nitrogen and oxygen atoms in total. The number of nitrogens with two attached hydrogens (primary N) is 1. The Hall–Kier alpha value is -1.16. The van der Waals surface area contributed by atoms with Crippen molar-refractivity contribution in [1.82, 2.24) is 9.55 Å². The van der Waals surface area contributed by atoms with Gasteiger partial charge in [0.15, 0.2) is 0 Å². The average molecular weight is 181 g/mol. The molecule has 0 radical (unpaired) electrons. The summed E-state index contributed by atoms with van der Waals surface area (Å²) in [5.41, 5.74) is 5.32. The standard InChI is InChI=1S/C9H15N3O/c1-2-8-11-6-7-12(8)9(13)4-3-5-10/h6-7H,2-5,10H2,1H3. The second-order valence-corrected chi connectivity index (χ2v) is 2.85. The summed E-state index contributed by atoms with van der Waals surface area (Å²) in [6.07, 6.45) is 5.37. The molecule has 0 aromatic carbocycles. The molecule has 0 spiro atoms. The van der Waals surface area contributed by atoms with Crippen LogP contribution in [0.25, 0.3) is 0 Å². The summed E-state index contributed by atoms with van der Waals surface area (Å²) in [6, 6.07) is 0. The lowest BCUT2D eigenvalue weighted by Crippen LogP contribution is -2.14. The Morgan fingerprint density at radius 1 is 1.69 bits per heavy atom. The van der Waals surface area contributed by atoms with Crippen LogP contribution < -0.4 is 5.73 Å². The predicted molar refractivity (Wildman–Crippen MR) is 50.5 cm³/mol. The van der Waals surface area contributed by atoms with Crippen LogP contribution in [0.15, 0.2) is 12.4 Å². The highest BCUT2D eigenvalue weighted by molar-refractivity contribution is 5.79. The summed E-state index contributed by atoms with van der Waals surface area (Å²) in [7, 11) is 0. The van der Waals surface area contributed by atoms with Crippen LogP contribution in [0.1, 0.15) is 30.4 Å². The van der Waals surface area contributed by atoms with Crippen molar-refractivity contribution >= 4 is 5.91 Å². The van der Waals surface area contributed by atoms with E-state index < -0.39 is 0 Å². The van der Waals surface area contributed by atoms with Crippen LogP contribution in [0.2, 0.25) is 0 Å². The normalized spacial score (nSPS) is 10.3. The molecule has 72 valence electrons. The second-order valence-electron chi connectivity index (χ2n) is 2.85. The van der Waals surface area contributed by atoms with Crippen LogP contribution in [0.5, 0.6) is 0 Å². The first-order valence-corrected chi connectivity index (χ1v) is 4.55. The van der Waals surface area contributed by atoms with Gasteiger partial charge in [0.25, 0.3) is 0 Å². The maximum Gasteiger partial charge on any atom is 0.232 e. The fourth-order valence-corrected chi connectivity index (χ4v) is 1.20. The van der Waals surface area contributed by atoms with Gasteiger partial charge in [-0.1, -0.05) is 6.92 Å². The molecule has 13 heavy (non-hydrogen) atoms. The largest absolute Gasteiger partial charge is 0.330 e. The van der Waals surface area contributed by atoms with Crippen LogP contribution in [0, 0.1) is 0 Å². The summed E-state index contributed by atoms with van der Waals surface area (Å²) in [5.74, 6) is 0.904. The van der Waals surface area contributed by atoms with E-state index in [1.165, 1.54) is 0 Å². The van der Waals surface area contributed by atoms with E-state index in [1.54, 1.807) is 17.0 Å². The minimum atomic E-state index is 0.0831. The maximum absolute atomic E-state index is 11.5. The zero-order valence-corrected chi connectivity index (χ0v) is 7.86. The minimum absolute atomic E-state index is 0.0831. The molecule has 1 heterocycles. The summed E-state index contributed by atoms with van der Waals surface area (Å²) in [5, 5.41) is 0. The molecule has 1 aromatic rings. The molecule has 0 bridgehead atoms. The minimum Gasteiger partial charge on any atom is -0.330 e. The lowest BCUT2D eigenvalue weighted by molar-refractivity contribution is 0.0897. The van der Waals surface area contributed by atoms with Crippen molar-refractivity contribution in [3.8, 4) is 0 Å². The van der Waals surface area contributed by atoms with Gasteiger partial charge in [0.1, 0.15) is 5.82 Å². The van der Waals surface area contributed by atoms with Crippen molar-refractivity contribution in [1.29, 1.82) is 0 Å². The predicted octanol–water partition coefficient (Wildman–Crippen LogP) is 0.825. The number of aromatic nitrogens is 2. The summed E-state index contributed by atoms with van der Waals surface area (Å²) in [6.45, 7) is 2.54. The molecule has 2 N–H and O–H groups in total. The number of nitrogens with zero attached hydrogens (tertiary/aromatic N) is 2. The van der Waals surface area contributed by atoms with E-state index in [0.29, 0.717) is 13.0 Å². The first kappa shape index (κ1) is 9.92. The highest BCUT2D eigenvalue weighted by Gasteiger charge is 2.07. The lowest BCUT2D eigenvalue weighted by Gasteiger charge is -2.03. The Labute approximate surface area is 77.8 Å². The Morgan fingerprint density at radius 2 is 2.46 bits per heavy atom. The quantitative estimate of drug-likeness (QED) is 0.748. The molecule has 0 aliphatic rings. The fraction of sp³-hybridized carbons (Fsp3) is 0.556. The van der Waals surface area contributed by atoms with Crippen LogP contribution in [0.4, 0.5) is 0 Å². The molecule has 0 unspecified atom stereocenters. The number of imidazole rings is 1. The molecule has 0 atom stereocenters. The highest BCUT2D eigenvalue weighted by atomic mass is 16.2. The van der Waals surface area contributed by atoms with E-state index >= 15 is 0 Å². The number of aryl methyl sites for hydroxylation is 1. The van der Waals surface area contributed by atoms with Crippen molar-refractivity contribution in [2.24, 2.45) is 5.73 Å². The molecule has 4 heteroatoms. The van der Waals surface area contributed by atoms with E-state index in [2.05, 4.69) is 4.98 Å². The molecule has 0 amide bonds. The van der Waals surface area contributed by atoms with Crippen LogP contribution in [-0.2, 0) is 6.42 Å². The van der Waals surface area contributed by atoms with Gasteiger partial charge >= 0.3 is 0 Å². The Bertz CT molecular complexity index is 280. The molecule has 1 aromatic heterocycles. The Morgan fingerprint density at radius 3 is 3.08 bits per heavy atom. The van der Waals surface area contributed by atoms with Gasteiger partial charge < -0.3 is 5.73 Å². The van der Waals surface area contributed by atoms with Gasteiger partial charge in [-0.05, 0) is 13.0 Å². The molecule has 0 saturated carbocycles. The van der Waals surface area contributed by atoms with E-state index in [1.807, 2.05) is 6.92 Å². The first-order valence-electron chi connectivity index (χ1n) is 4.55. The summed E-state index contributed by atoms with van der Waals surface area (Å²) in [4.78, 5) is 15.6. The summed E-state index contributed by atoms with van der Waals surface area (Å²) >= 11 is 0. The zero-order valence-electron chi connectivity index (χ0n) is 7.86. The Balaban J connectivity index is 2.65. The molecule has 0 saturated heterocycles. The number of carbonyl (C=O) groups is 1. The van der Waals surface area contributed by atoms with E-state index in [4.69, 9.17) is 5.73 Å². The maximum atomic E-state index is 11.5. The van der Waals surface area contributed by atoms with Crippen molar-refractivity contribution in [2.45, 2.75) is 26.2 Å². The monoisotopic (exact) mass is 181 g/mol. The third-order valence-electron chi connectivity index (χ3n) is 1.90. The molecule has 0 aliphatic carbocycles. The van der Waals surface area contributed by atoms with Crippen molar-refractivity contribution in [3.05, 3.63) is 18.2 Å². The smallest absolute Gasteiger partial charge is 0.232 e. The van der Waals surface area contributed by atoms with Gasteiger partial charge in [-0.15, -0.1) is 0 Å². The van der Waals surface area contributed by atoms with Gasteiger partial charge in [0.05, 0.1) is 0 Å². The topological polar surface area (TPSA) is 60.9 Å². The zero-order chi connectivity index (χ0) is 9.68. The van der Waals surface area contributed by atoms with Crippen LogP contribution >= 0.6 is 0 Å². The number of hydrogen-bond acceptors (Lipinski definition) is 3. The highest BCUT2D eigenvalue weighted by Crippen LogP contribution is 2.01. The van der Waals surface area contributed by atoms with E-state index in [9.17, 15) is 4.79 Å². The van der Waals surface area contributed by atoms with Gasteiger partial charge in [0.2, 0.25) is 5.91 Å². The van der Waals surface area contributed by atoms with Gasteiger partial charge in [-0.2, -0.15) is 0 Å². The molecule has 0 aliphatic heterocycles. The molecular weight excluding hydrogens is 166 g/mol. The van der Waals surface area contributed by atoms with Gasteiger partial charge in [0, 0.05) is 25.2 Å². The van der Waals surface area contributed by atoms with Crippen molar-refractivity contribution < 1.29 is 4.79 Å². The second kappa shape index (κ2) is 4.77. The fourth-order valence-electron chi connectivity index (χ4n) is 1.20. The third kappa shape index (κ3) is 2.39. The SMILES string of the molecule is CCc1nccn1C(=O)CCCN. The number of hydrogen-bond donors (Lipinski definition) is 1. The van der Waals surface area contributed by atoms with Gasteiger partial charge in [-0.25, -0.2) is 4.98 Å². The molecule has 0 fully saturated rings. The summed E-state index contributed by atoms with van der Waals surface area (Å²) < 4.78 is 1.61. The third-order valence-corrected chi connectivity index (χ3v) is 1.90. The van der Waals surface area contributed by atoms with Crippen molar-refractivity contribution in [2.75, 3.05) is 6.54 Å². The molecule has 1 rings (SSSR count). The lowest BCUT2D eigenvalue weighted by atomic mass is 10.3. The first-order chi connectivity index (χ1) is 6.29. The Kier molecular flexibility index (Phi) is 3.64. The average Bonchev–Trinajstić information content (AvgIpc) is 2.61. The number of carbonyl (C=O) groups excluding carboxylic acids is 1. The molecular formula is C9H15N3O.